The summed E-state index contributed by atoms with van der Waals surface area (Å²) in [5.41, 5.74) is 2.60. The second-order valence-corrected chi connectivity index (χ2v) is 6.37. The van der Waals surface area contributed by atoms with E-state index in [0.29, 0.717) is 12.8 Å². The first-order valence-electron chi connectivity index (χ1n) is 8.04. The SMILES string of the molecule is CC(C)=CC(=O)N[C@H](C)c1cc(F)ccc1N1CCC(O)CC1. The van der Waals surface area contributed by atoms with Crippen molar-refractivity contribution in [1.29, 1.82) is 0 Å². The number of halogens is 1. The van der Waals surface area contributed by atoms with E-state index in [4.69, 9.17) is 0 Å². The standard InChI is InChI=1S/C18H25FN2O2/c1-12(2)10-18(23)20-13(3)16-11-14(19)4-5-17(16)21-8-6-15(22)7-9-21/h4-5,10-11,13,15,22H,6-9H2,1-3H3,(H,20,23)/t13-/m1/s1. The minimum absolute atomic E-state index is 0.179. The lowest BCUT2D eigenvalue weighted by Crippen LogP contribution is -2.37. The Morgan fingerprint density at radius 3 is 2.65 bits per heavy atom. The third kappa shape index (κ3) is 4.79. The number of aliphatic hydroxyl groups excluding tert-OH is 1. The average Bonchev–Trinajstić information content (AvgIpc) is 2.47. The summed E-state index contributed by atoms with van der Waals surface area (Å²) in [5.74, 6) is -0.495. The molecule has 1 fully saturated rings. The third-order valence-corrected chi connectivity index (χ3v) is 4.04. The fourth-order valence-electron chi connectivity index (χ4n) is 2.86. The van der Waals surface area contributed by atoms with Crippen LogP contribution in [0.25, 0.3) is 0 Å². The Morgan fingerprint density at radius 2 is 2.04 bits per heavy atom. The number of hydrogen-bond acceptors (Lipinski definition) is 3. The summed E-state index contributed by atoms with van der Waals surface area (Å²) >= 11 is 0. The van der Waals surface area contributed by atoms with Crippen LogP contribution in [0.5, 0.6) is 0 Å². The van der Waals surface area contributed by atoms with Gasteiger partial charge in [0.15, 0.2) is 0 Å². The Balaban J connectivity index is 2.21. The van der Waals surface area contributed by atoms with Gasteiger partial charge < -0.3 is 15.3 Å². The van der Waals surface area contributed by atoms with Gasteiger partial charge in [-0.3, -0.25) is 4.79 Å². The molecule has 1 aromatic carbocycles. The van der Waals surface area contributed by atoms with Crippen molar-refractivity contribution in [2.75, 3.05) is 18.0 Å². The van der Waals surface area contributed by atoms with Crippen LogP contribution < -0.4 is 10.2 Å². The van der Waals surface area contributed by atoms with Crippen LogP contribution in [0.15, 0.2) is 29.8 Å². The molecule has 0 radical (unpaired) electrons. The Hall–Kier alpha value is -1.88. The molecule has 0 aliphatic carbocycles. The number of anilines is 1. The second-order valence-electron chi connectivity index (χ2n) is 6.37. The minimum Gasteiger partial charge on any atom is -0.393 e. The van der Waals surface area contributed by atoms with Gasteiger partial charge in [-0.2, -0.15) is 0 Å². The quantitative estimate of drug-likeness (QED) is 0.839. The molecule has 0 saturated carbocycles. The first-order chi connectivity index (χ1) is 10.9. The molecule has 23 heavy (non-hydrogen) atoms. The van der Waals surface area contributed by atoms with Crippen molar-refractivity contribution in [3.63, 3.8) is 0 Å². The van der Waals surface area contributed by atoms with E-state index in [9.17, 15) is 14.3 Å². The highest BCUT2D eigenvalue weighted by atomic mass is 19.1. The van der Waals surface area contributed by atoms with Crippen molar-refractivity contribution in [2.45, 2.75) is 45.8 Å². The topological polar surface area (TPSA) is 52.6 Å². The Kier molecular flexibility index (Phi) is 5.77. The maximum Gasteiger partial charge on any atom is 0.244 e. The van der Waals surface area contributed by atoms with Gasteiger partial charge in [0.2, 0.25) is 5.91 Å². The summed E-state index contributed by atoms with van der Waals surface area (Å²) in [6, 6.07) is 4.38. The molecule has 126 valence electrons. The number of rotatable bonds is 4. The number of hydrogen-bond donors (Lipinski definition) is 2. The molecular weight excluding hydrogens is 295 g/mol. The smallest absolute Gasteiger partial charge is 0.244 e. The van der Waals surface area contributed by atoms with E-state index in [0.717, 1.165) is 29.9 Å². The van der Waals surface area contributed by atoms with Crippen LogP contribution in [-0.2, 0) is 4.79 Å². The van der Waals surface area contributed by atoms with E-state index < -0.39 is 0 Å². The summed E-state index contributed by atoms with van der Waals surface area (Å²) in [5, 5.41) is 12.5. The highest BCUT2D eigenvalue weighted by Crippen LogP contribution is 2.29. The molecule has 1 aromatic rings. The minimum atomic E-state index is -0.316. The lowest BCUT2D eigenvalue weighted by molar-refractivity contribution is -0.117. The first kappa shape index (κ1) is 17.5. The largest absolute Gasteiger partial charge is 0.393 e. The number of nitrogens with one attached hydrogen (secondary N) is 1. The van der Waals surface area contributed by atoms with Crippen LogP contribution in [0, 0.1) is 5.82 Å². The maximum absolute atomic E-state index is 13.7. The van der Waals surface area contributed by atoms with E-state index in [-0.39, 0.29) is 23.9 Å². The average molecular weight is 320 g/mol. The monoisotopic (exact) mass is 320 g/mol. The van der Waals surface area contributed by atoms with Crippen LogP contribution in [0.4, 0.5) is 10.1 Å². The number of amides is 1. The summed E-state index contributed by atoms with van der Waals surface area (Å²) in [4.78, 5) is 14.1. The number of carbonyl (C=O) groups excluding carboxylic acids is 1. The highest BCUT2D eigenvalue weighted by Gasteiger charge is 2.22. The predicted octanol–water partition coefficient (Wildman–Crippen LogP) is 2.93. The van der Waals surface area contributed by atoms with Crippen LogP contribution in [-0.4, -0.2) is 30.2 Å². The fourth-order valence-corrected chi connectivity index (χ4v) is 2.86. The van der Waals surface area contributed by atoms with Gasteiger partial charge in [0.05, 0.1) is 12.1 Å². The molecule has 4 nitrogen and oxygen atoms in total. The Morgan fingerprint density at radius 1 is 1.39 bits per heavy atom. The van der Waals surface area contributed by atoms with Crippen LogP contribution in [0.1, 0.15) is 45.2 Å². The van der Waals surface area contributed by atoms with Gasteiger partial charge in [-0.05, 0) is 51.8 Å². The lowest BCUT2D eigenvalue weighted by Gasteiger charge is -2.34. The van der Waals surface area contributed by atoms with Crippen LogP contribution in [0.2, 0.25) is 0 Å². The molecule has 1 saturated heterocycles. The van der Waals surface area contributed by atoms with E-state index in [1.165, 1.54) is 18.2 Å². The molecular formula is C18H25FN2O2. The van der Waals surface area contributed by atoms with Crippen molar-refractivity contribution < 1.29 is 14.3 Å². The van der Waals surface area contributed by atoms with Crippen molar-refractivity contribution in [3.8, 4) is 0 Å². The number of nitrogens with zero attached hydrogens (tertiary/aromatic N) is 1. The molecule has 1 aliphatic heterocycles. The summed E-state index contributed by atoms with van der Waals surface area (Å²) < 4.78 is 13.7. The number of allylic oxidation sites excluding steroid dienone is 1. The zero-order chi connectivity index (χ0) is 17.0. The van der Waals surface area contributed by atoms with Gasteiger partial charge >= 0.3 is 0 Å². The summed E-state index contributed by atoms with van der Waals surface area (Å²) in [7, 11) is 0. The molecule has 1 heterocycles. The van der Waals surface area contributed by atoms with Crippen molar-refractivity contribution >= 4 is 11.6 Å². The van der Waals surface area contributed by atoms with Gasteiger partial charge in [-0.15, -0.1) is 0 Å². The number of piperidine rings is 1. The zero-order valence-electron chi connectivity index (χ0n) is 14.0. The molecule has 5 heteroatoms. The molecule has 0 bridgehead atoms. The second kappa shape index (κ2) is 7.59. The lowest BCUT2D eigenvalue weighted by atomic mass is 10.0. The van der Waals surface area contributed by atoms with E-state index >= 15 is 0 Å². The summed E-state index contributed by atoms with van der Waals surface area (Å²) in [6.07, 6.45) is 2.68. The van der Waals surface area contributed by atoms with Gasteiger partial charge in [0.1, 0.15) is 5.82 Å². The number of benzene rings is 1. The molecule has 0 unspecified atom stereocenters. The highest BCUT2D eigenvalue weighted by molar-refractivity contribution is 5.88. The third-order valence-electron chi connectivity index (χ3n) is 4.04. The molecule has 0 aromatic heterocycles. The van der Waals surface area contributed by atoms with Crippen molar-refractivity contribution in [2.24, 2.45) is 0 Å². The molecule has 2 N–H and O–H groups in total. The molecule has 1 atom stereocenters. The molecule has 0 spiro atoms. The van der Waals surface area contributed by atoms with Gasteiger partial charge in [-0.1, -0.05) is 5.57 Å². The van der Waals surface area contributed by atoms with E-state index in [1.807, 2.05) is 20.8 Å². The summed E-state index contributed by atoms with van der Waals surface area (Å²) in [6.45, 7) is 7.03. The molecule has 1 aliphatic rings. The van der Waals surface area contributed by atoms with Crippen LogP contribution in [0.3, 0.4) is 0 Å². The molecule has 2 rings (SSSR count). The Bertz CT molecular complexity index is 589. The van der Waals surface area contributed by atoms with Crippen molar-refractivity contribution in [1.82, 2.24) is 5.32 Å². The Labute approximate surface area is 137 Å². The zero-order valence-corrected chi connectivity index (χ0v) is 14.0. The normalized spacial score (nSPS) is 16.8. The number of carbonyl (C=O) groups is 1. The van der Waals surface area contributed by atoms with Gasteiger partial charge in [-0.25, -0.2) is 4.39 Å². The maximum atomic E-state index is 13.7. The molecule has 1 amide bonds. The van der Waals surface area contributed by atoms with Gasteiger partial charge in [0, 0.05) is 30.4 Å². The van der Waals surface area contributed by atoms with E-state index in [2.05, 4.69) is 10.2 Å². The van der Waals surface area contributed by atoms with Gasteiger partial charge in [0.25, 0.3) is 0 Å². The first-order valence-corrected chi connectivity index (χ1v) is 8.04. The van der Waals surface area contributed by atoms with E-state index in [1.54, 1.807) is 6.07 Å². The fraction of sp³-hybridized carbons (Fsp3) is 0.500. The predicted molar refractivity (Wildman–Crippen MR) is 89.8 cm³/mol. The van der Waals surface area contributed by atoms with Crippen molar-refractivity contribution in [3.05, 3.63) is 41.2 Å². The number of aliphatic hydroxyl groups is 1. The van der Waals surface area contributed by atoms with Crippen LogP contribution >= 0.6 is 0 Å².